The third kappa shape index (κ3) is 3.24. The molecule has 0 saturated heterocycles. The largest absolute Gasteiger partial charge is 0.493 e. The van der Waals surface area contributed by atoms with Gasteiger partial charge < -0.3 is 4.74 Å². The minimum Gasteiger partial charge on any atom is -0.493 e. The second kappa shape index (κ2) is 6.29. The molecule has 0 atom stereocenters. The highest BCUT2D eigenvalue weighted by atomic mass is 79.9. The summed E-state index contributed by atoms with van der Waals surface area (Å²) in [6.45, 7) is 0.739. The van der Waals surface area contributed by atoms with Crippen molar-refractivity contribution in [3.05, 3.63) is 29.8 Å². The van der Waals surface area contributed by atoms with Crippen LogP contribution in [0.3, 0.4) is 0 Å². The number of benzene rings is 1. The van der Waals surface area contributed by atoms with Crippen LogP contribution in [0.5, 0.6) is 5.75 Å². The van der Waals surface area contributed by atoms with E-state index in [9.17, 15) is 0 Å². The summed E-state index contributed by atoms with van der Waals surface area (Å²) >= 11 is 3.36. The molecule has 0 unspecified atom stereocenters. The first-order chi connectivity index (χ1) is 7.90. The van der Waals surface area contributed by atoms with Gasteiger partial charge in [0.25, 0.3) is 0 Å². The number of hydrogen-bond acceptors (Lipinski definition) is 1. The van der Waals surface area contributed by atoms with Gasteiger partial charge in [-0.15, -0.1) is 0 Å². The molecule has 0 aromatic heterocycles. The summed E-state index contributed by atoms with van der Waals surface area (Å²) in [7, 11) is 0. The number of rotatable bonds is 4. The lowest BCUT2D eigenvalue weighted by molar-refractivity contribution is 0.344. The normalized spacial score (nSPS) is 17.3. The van der Waals surface area contributed by atoms with Crippen LogP contribution in [0.2, 0.25) is 0 Å². The Kier molecular flexibility index (Phi) is 4.70. The molecule has 1 fully saturated rings. The van der Waals surface area contributed by atoms with Gasteiger partial charge in [-0.2, -0.15) is 0 Å². The van der Waals surface area contributed by atoms with E-state index in [2.05, 4.69) is 40.2 Å². The van der Waals surface area contributed by atoms with Crippen molar-refractivity contribution < 1.29 is 4.74 Å². The highest BCUT2D eigenvalue weighted by Gasteiger charge is 2.14. The van der Waals surface area contributed by atoms with Crippen LogP contribution in [0, 0.1) is 0 Å². The van der Waals surface area contributed by atoms with E-state index in [0.717, 1.165) is 23.6 Å². The van der Waals surface area contributed by atoms with Crippen LogP contribution in [0.25, 0.3) is 0 Å². The molecule has 1 aliphatic rings. The molecule has 88 valence electrons. The zero-order valence-corrected chi connectivity index (χ0v) is 11.2. The molecule has 2 rings (SSSR count). The van der Waals surface area contributed by atoms with Gasteiger partial charge in [-0.05, 0) is 36.5 Å². The lowest BCUT2D eigenvalue weighted by Crippen LogP contribution is -2.04. The first kappa shape index (κ1) is 12.0. The first-order valence-corrected chi connectivity index (χ1v) is 7.31. The molecule has 0 amide bonds. The summed E-state index contributed by atoms with van der Waals surface area (Å²) in [6, 6.07) is 8.68. The van der Waals surface area contributed by atoms with Crippen LogP contribution in [-0.2, 0) is 0 Å². The quantitative estimate of drug-likeness (QED) is 0.739. The number of halogens is 1. The second-order valence-electron chi connectivity index (χ2n) is 4.44. The van der Waals surface area contributed by atoms with Crippen molar-refractivity contribution in [1.82, 2.24) is 0 Å². The van der Waals surface area contributed by atoms with Gasteiger partial charge in [0.05, 0.1) is 6.61 Å². The Morgan fingerprint density at radius 1 is 1.06 bits per heavy atom. The fraction of sp³-hybridized carbons (Fsp3) is 0.571. The minimum absolute atomic E-state index is 0.739. The lowest BCUT2D eigenvalue weighted by atomic mass is 9.84. The maximum Gasteiger partial charge on any atom is 0.119 e. The van der Waals surface area contributed by atoms with E-state index in [1.807, 2.05) is 0 Å². The molecule has 1 aliphatic carbocycles. The fourth-order valence-electron chi connectivity index (χ4n) is 2.43. The highest BCUT2D eigenvalue weighted by Crippen LogP contribution is 2.33. The van der Waals surface area contributed by atoms with E-state index in [4.69, 9.17) is 4.74 Å². The summed E-state index contributed by atoms with van der Waals surface area (Å²) in [5, 5.41) is 0.886. The van der Waals surface area contributed by atoms with Crippen molar-refractivity contribution in [2.75, 3.05) is 11.9 Å². The Hall–Kier alpha value is -0.500. The van der Waals surface area contributed by atoms with Gasteiger partial charge in [0.1, 0.15) is 5.75 Å². The molecule has 1 aromatic carbocycles. The van der Waals surface area contributed by atoms with Crippen molar-refractivity contribution in [2.24, 2.45) is 0 Å². The maximum absolute atomic E-state index is 5.55. The minimum atomic E-state index is 0.739. The van der Waals surface area contributed by atoms with Crippen molar-refractivity contribution in [3.63, 3.8) is 0 Å². The van der Waals surface area contributed by atoms with E-state index < -0.39 is 0 Å². The number of hydrogen-bond donors (Lipinski definition) is 0. The van der Waals surface area contributed by atoms with E-state index in [0.29, 0.717) is 0 Å². The van der Waals surface area contributed by atoms with Gasteiger partial charge in [0.15, 0.2) is 0 Å². The molecule has 0 spiro atoms. The van der Waals surface area contributed by atoms with Crippen molar-refractivity contribution in [2.45, 2.75) is 38.0 Å². The van der Waals surface area contributed by atoms with Crippen LogP contribution >= 0.6 is 15.9 Å². The molecule has 0 N–H and O–H groups in total. The summed E-state index contributed by atoms with van der Waals surface area (Å²) in [6.07, 6.45) is 6.94. The summed E-state index contributed by atoms with van der Waals surface area (Å²) in [4.78, 5) is 0. The average Bonchev–Trinajstić information content (AvgIpc) is 2.38. The molecular weight excluding hydrogens is 264 g/mol. The summed E-state index contributed by atoms with van der Waals surface area (Å²) in [5.41, 5.74) is 1.49. The molecule has 2 heteroatoms. The molecule has 0 heterocycles. The predicted octanol–water partition coefficient (Wildman–Crippen LogP) is 4.51. The molecule has 1 saturated carbocycles. The third-order valence-electron chi connectivity index (χ3n) is 3.30. The van der Waals surface area contributed by atoms with Gasteiger partial charge in [-0.1, -0.05) is 47.3 Å². The molecule has 0 radical (unpaired) electrons. The van der Waals surface area contributed by atoms with Crippen LogP contribution < -0.4 is 4.74 Å². The van der Waals surface area contributed by atoms with E-state index in [-0.39, 0.29) is 0 Å². The Bertz CT molecular complexity index is 301. The van der Waals surface area contributed by atoms with E-state index >= 15 is 0 Å². The SMILES string of the molecule is BrCCOc1ccc(C2CCCCC2)cc1. The van der Waals surface area contributed by atoms with E-state index in [1.165, 1.54) is 37.7 Å². The third-order valence-corrected chi connectivity index (χ3v) is 3.63. The topological polar surface area (TPSA) is 9.23 Å². The van der Waals surface area contributed by atoms with Gasteiger partial charge in [0, 0.05) is 5.33 Å². The Balaban J connectivity index is 1.95. The maximum atomic E-state index is 5.55. The van der Waals surface area contributed by atoms with Gasteiger partial charge >= 0.3 is 0 Å². The van der Waals surface area contributed by atoms with Crippen LogP contribution in [0.4, 0.5) is 0 Å². The zero-order chi connectivity index (χ0) is 11.2. The lowest BCUT2D eigenvalue weighted by Gasteiger charge is -2.22. The van der Waals surface area contributed by atoms with E-state index in [1.54, 1.807) is 0 Å². The van der Waals surface area contributed by atoms with Crippen LogP contribution in [-0.4, -0.2) is 11.9 Å². The monoisotopic (exact) mass is 282 g/mol. The summed E-state index contributed by atoms with van der Waals surface area (Å²) in [5.74, 6) is 1.78. The second-order valence-corrected chi connectivity index (χ2v) is 5.23. The van der Waals surface area contributed by atoms with Crippen LogP contribution in [0.15, 0.2) is 24.3 Å². The standard InChI is InChI=1S/C14H19BrO/c15-10-11-16-14-8-6-13(7-9-14)12-4-2-1-3-5-12/h6-9,12H,1-5,10-11H2. The smallest absolute Gasteiger partial charge is 0.119 e. The molecule has 0 bridgehead atoms. The number of ether oxygens (including phenoxy) is 1. The van der Waals surface area contributed by atoms with Gasteiger partial charge in [0.2, 0.25) is 0 Å². The van der Waals surface area contributed by atoms with Crippen molar-refractivity contribution >= 4 is 15.9 Å². The molecule has 16 heavy (non-hydrogen) atoms. The first-order valence-electron chi connectivity index (χ1n) is 6.19. The molecule has 1 aromatic rings. The van der Waals surface area contributed by atoms with Crippen LogP contribution in [0.1, 0.15) is 43.6 Å². The van der Waals surface area contributed by atoms with Crippen molar-refractivity contribution in [1.29, 1.82) is 0 Å². The predicted molar refractivity (Wildman–Crippen MR) is 71.6 cm³/mol. The average molecular weight is 283 g/mol. The Morgan fingerprint density at radius 2 is 1.75 bits per heavy atom. The summed E-state index contributed by atoms with van der Waals surface area (Å²) < 4.78 is 5.55. The van der Waals surface area contributed by atoms with Gasteiger partial charge in [-0.25, -0.2) is 0 Å². The zero-order valence-electron chi connectivity index (χ0n) is 9.62. The Labute approximate surface area is 106 Å². The van der Waals surface area contributed by atoms with Crippen molar-refractivity contribution in [3.8, 4) is 5.75 Å². The Morgan fingerprint density at radius 3 is 2.38 bits per heavy atom. The number of alkyl halides is 1. The highest BCUT2D eigenvalue weighted by molar-refractivity contribution is 9.09. The van der Waals surface area contributed by atoms with Gasteiger partial charge in [-0.3, -0.25) is 0 Å². The fourth-order valence-corrected chi connectivity index (χ4v) is 2.59. The molecule has 0 aliphatic heterocycles. The molecular formula is C14H19BrO. The molecule has 1 nitrogen and oxygen atoms in total.